The zero-order valence-corrected chi connectivity index (χ0v) is 12.2. The molecule has 0 atom stereocenters. The minimum Gasteiger partial charge on any atom is -0.497 e. The van der Waals surface area contributed by atoms with Crippen LogP contribution >= 0.6 is 0 Å². The number of carbonyl (C=O) groups is 1. The monoisotopic (exact) mass is 285 g/mol. The Hall–Kier alpha value is -2.69. The van der Waals surface area contributed by atoms with Crippen LogP contribution in [-0.4, -0.2) is 25.1 Å². The lowest BCUT2D eigenvalue weighted by atomic mass is 10.2. The fourth-order valence-corrected chi connectivity index (χ4v) is 1.96. The van der Waals surface area contributed by atoms with Gasteiger partial charge < -0.3 is 20.7 Å². The summed E-state index contributed by atoms with van der Waals surface area (Å²) < 4.78 is 5.13. The van der Waals surface area contributed by atoms with E-state index in [0.717, 1.165) is 5.56 Å². The van der Waals surface area contributed by atoms with E-state index in [1.807, 2.05) is 42.5 Å². The van der Waals surface area contributed by atoms with Crippen LogP contribution in [0.25, 0.3) is 0 Å². The molecule has 2 rings (SSSR count). The molecule has 0 heterocycles. The first-order chi connectivity index (χ1) is 10.1. The molecule has 3 N–H and O–H groups in total. The lowest BCUT2D eigenvalue weighted by Gasteiger charge is -2.18. The molecule has 0 unspecified atom stereocenters. The van der Waals surface area contributed by atoms with E-state index < -0.39 is 0 Å². The van der Waals surface area contributed by atoms with Crippen molar-refractivity contribution in [1.82, 2.24) is 4.90 Å². The van der Waals surface area contributed by atoms with E-state index in [2.05, 4.69) is 5.32 Å². The molecule has 0 saturated heterocycles. The van der Waals surface area contributed by atoms with Crippen LogP contribution in [0.3, 0.4) is 0 Å². The average Bonchev–Trinajstić information content (AvgIpc) is 2.47. The van der Waals surface area contributed by atoms with E-state index >= 15 is 0 Å². The molecule has 5 nitrogen and oxygen atoms in total. The van der Waals surface area contributed by atoms with Crippen LogP contribution in [-0.2, 0) is 6.54 Å². The van der Waals surface area contributed by atoms with Gasteiger partial charge in [-0.3, -0.25) is 0 Å². The summed E-state index contributed by atoms with van der Waals surface area (Å²) in [5, 5.41) is 2.83. The summed E-state index contributed by atoms with van der Waals surface area (Å²) in [6.07, 6.45) is 0. The second-order valence-electron chi connectivity index (χ2n) is 4.76. The zero-order chi connectivity index (χ0) is 15.2. The van der Waals surface area contributed by atoms with Crippen LogP contribution in [0.5, 0.6) is 5.75 Å². The fraction of sp³-hybridized carbons (Fsp3) is 0.188. The predicted octanol–water partition coefficient (Wildman–Crippen LogP) is 2.94. The minimum absolute atomic E-state index is 0.189. The van der Waals surface area contributed by atoms with Crippen molar-refractivity contribution in [2.24, 2.45) is 0 Å². The van der Waals surface area contributed by atoms with Crippen LogP contribution in [0.15, 0.2) is 48.5 Å². The molecule has 110 valence electrons. The first-order valence-corrected chi connectivity index (χ1v) is 6.59. The number of carbonyl (C=O) groups excluding carboxylic acids is 1. The number of nitrogens with one attached hydrogen (secondary N) is 1. The normalized spacial score (nSPS) is 10.0. The molecule has 0 fully saturated rings. The number of nitrogens with two attached hydrogens (primary N) is 1. The molecule has 0 spiro atoms. The third-order valence-corrected chi connectivity index (χ3v) is 3.04. The lowest BCUT2D eigenvalue weighted by Crippen LogP contribution is -2.30. The maximum Gasteiger partial charge on any atom is 0.321 e. The zero-order valence-electron chi connectivity index (χ0n) is 12.2. The summed E-state index contributed by atoms with van der Waals surface area (Å²) in [5.41, 5.74) is 8.10. The van der Waals surface area contributed by atoms with E-state index in [1.165, 1.54) is 0 Å². The van der Waals surface area contributed by atoms with Crippen LogP contribution < -0.4 is 15.8 Å². The molecule has 0 aliphatic heterocycles. The molecule has 0 bridgehead atoms. The average molecular weight is 285 g/mol. The van der Waals surface area contributed by atoms with Crippen molar-refractivity contribution in [3.05, 3.63) is 54.1 Å². The number of hydrogen-bond acceptors (Lipinski definition) is 3. The van der Waals surface area contributed by atoms with Gasteiger partial charge in [0.1, 0.15) is 5.75 Å². The van der Waals surface area contributed by atoms with Crippen molar-refractivity contribution < 1.29 is 9.53 Å². The quantitative estimate of drug-likeness (QED) is 0.849. The van der Waals surface area contributed by atoms with Crippen molar-refractivity contribution in [2.75, 3.05) is 25.2 Å². The second kappa shape index (κ2) is 6.65. The minimum atomic E-state index is -0.189. The molecule has 5 heteroatoms. The van der Waals surface area contributed by atoms with Gasteiger partial charge in [0.05, 0.1) is 7.11 Å². The molecule has 0 saturated carbocycles. The highest BCUT2D eigenvalue weighted by molar-refractivity contribution is 5.89. The number of rotatable bonds is 4. The molecule has 21 heavy (non-hydrogen) atoms. The summed E-state index contributed by atoms with van der Waals surface area (Å²) in [7, 11) is 3.32. The lowest BCUT2D eigenvalue weighted by molar-refractivity contribution is 0.220. The van der Waals surface area contributed by atoms with Crippen LogP contribution in [0.2, 0.25) is 0 Å². The molecular formula is C16H19N3O2. The van der Waals surface area contributed by atoms with E-state index in [4.69, 9.17) is 10.5 Å². The van der Waals surface area contributed by atoms with E-state index in [9.17, 15) is 4.79 Å². The van der Waals surface area contributed by atoms with Gasteiger partial charge in [-0.25, -0.2) is 4.79 Å². The Balaban J connectivity index is 1.99. The highest BCUT2D eigenvalue weighted by Gasteiger charge is 2.09. The Labute approximate surface area is 124 Å². The molecule has 2 amide bonds. The molecular weight excluding hydrogens is 266 g/mol. The summed E-state index contributed by atoms with van der Waals surface area (Å²) in [6, 6.07) is 14.5. The Morgan fingerprint density at radius 1 is 1.24 bits per heavy atom. The number of methoxy groups -OCH3 is 1. The molecule has 0 radical (unpaired) electrons. The van der Waals surface area contributed by atoms with Gasteiger partial charge in [-0.15, -0.1) is 0 Å². The van der Waals surface area contributed by atoms with Gasteiger partial charge in [0.25, 0.3) is 0 Å². The molecule has 0 aromatic heterocycles. The number of benzene rings is 2. The van der Waals surface area contributed by atoms with Gasteiger partial charge >= 0.3 is 6.03 Å². The number of amides is 2. The van der Waals surface area contributed by atoms with Crippen LogP contribution in [0.4, 0.5) is 16.2 Å². The topological polar surface area (TPSA) is 67.6 Å². The number of hydrogen-bond donors (Lipinski definition) is 2. The first kappa shape index (κ1) is 14.7. The molecule has 2 aromatic carbocycles. The Bertz CT molecular complexity index is 628. The summed E-state index contributed by atoms with van der Waals surface area (Å²) in [5.74, 6) is 0.700. The van der Waals surface area contributed by atoms with E-state index in [1.54, 1.807) is 25.1 Å². The number of nitrogen functional groups attached to an aromatic ring is 1. The maximum atomic E-state index is 12.1. The van der Waals surface area contributed by atoms with Crippen molar-refractivity contribution in [2.45, 2.75) is 6.54 Å². The Morgan fingerprint density at radius 2 is 2.00 bits per heavy atom. The van der Waals surface area contributed by atoms with Crippen LogP contribution in [0, 0.1) is 0 Å². The van der Waals surface area contributed by atoms with Gasteiger partial charge in [0, 0.05) is 31.0 Å². The van der Waals surface area contributed by atoms with Crippen molar-refractivity contribution in [3.8, 4) is 5.75 Å². The van der Waals surface area contributed by atoms with Gasteiger partial charge in [-0.05, 0) is 29.8 Å². The number of ether oxygens (including phenoxy) is 1. The molecule has 2 aromatic rings. The number of urea groups is 1. The highest BCUT2D eigenvalue weighted by Crippen LogP contribution is 2.17. The van der Waals surface area contributed by atoms with Gasteiger partial charge in [0.2, 0.25) is 0 Å². The third kappa shape index (κ3) is 4.14. The van der Waals surface area contributed by atoms with E-state index in [-0.39, 0.29) is 6.03 Å². The maximum absolute atomic E-state index is 12.1. The Morgan fingerprint density at radius 3 is 2.71 bits per heavy atom. The Kier molecular flexibility index (Phi) is 4.66. The first-order valence-electron chi connectivity index (χ1n) is 6.59. The van der Waals surface area contributed by atoms with E-state index in [0.29, 0.717) is 23.7 Å². The number of anilines is 2. The third-order valence-electron chi connectivity index (χ3n) is 3.04. The standard InChI is InChI=1S/C16H19N3O2/c1-19(11-12-5-3-6-13(17)9-12)16(20)18-14-7-4-8-15(10-14)21-2/h3-10H,11,17H2,1-2H3,(H,18,20). The summed E-state index contributed by atoms with van der Waals surface area (Å²) in [4.78, 5) is 13.7. The smallest absolute Gasteiger partial charge is 0.321 e. The molecule has 0 aliphatic rings. The van der Waals surface area contributed by atoms with Crippen molar-refractivity contribution in [1.29, 1.82) is 0 Å². The van der Waals surface area contributed by atoms with Crippen LogP contribution in [0.1, 0.15) is 5.56 Å². The fourth-order valence-electron chi connectivity index (χ4n) is 1.96. The molecule has 0 aliphatic carbocycles. The largest absolute Gasteiger partial charge is 0.497 e. The number of nitrogens with zero attached hydrogens (tertiary/aromatic N) is 1. The van der Waals surface area contributed by atoms with Gasteiger partial charge in [0.15, 0.2) is 0 Å². The highest BCUT2D eigenvalue weighted by atomic mass is 16.5. The SMILES string of the molecule is COc1cccc(NC(=O)N(C)Cc2cccc(N)c2)c1. The predicted molar refractivity (Wildman–Crippen MR) is 84.3 cm³/mol. The van der Waals surface area contributed by atoms with Crippen molar-refractivity contribution in [3.63, 3.8) is 0 Å². The summed E-state index contributed by atoms with van der Waals surface area (Å²) >= 11 is 0. The van der Waals surface area contributed by atoms with Gasteiger partial charge in [-0.2, -0.15) is 0 Å². The van der Waals surface area contributed by atoms with Crippen molar-refractivity contribution >= 4 is 17.4 Å². The second-order valence-corrected chi connectivity index (χ2v) is 4.76. The van der Waals surface area contributed by atoms with Gasteiger partial charge in [-0.1, -0.05) is 18.2 Å². The summed E-state index contributed by atoms with van der Waals surface area (Å²) in [6.45, 7) is 0.487.